The van der Waals surface area contributed by atoms with E-state index in [2.05, 4.69) is 5.32 Å². The van der Waals surface area contributed by atoms with E-state index in [0.29, 0.717) is 11.5 Å². The van der Waals surface area contributed by atoms with Gasteiger partial charge in [0, 0.05) is 18.8 Å². The molecule has 25 heavy (non-hydrogen) atoms. The van der Waals surface area contributed by atoms with E-state index in [0.717, 1.165) is 0 Å². The van der Waals surface area contributed by atoms with Gasteiger partial charge in [0.15, 0.2) is 11.5 Å². The van der Waals surface area contributed by atoms with Crippen LogP contribution in [0, 0.1) is 0 Å². The Kier molecular flexibility index (Phi) is 5.04. The first-order chi connectivity index (χ1) is 12.0. The number of aromatic nitrogens is 1. The van der Waals surface area contributed by atoms with Gasteiger partial charge in [-0.05, 0) is 25.1 Å². The highest BCUT2D eigenvalue weighted by Gasteiger charge is 2.34. The molecule has 1 aliphatic rings. The Morgan fingerprint density at radius 2 is 1.88 bits per heavy atom. The first-order valence-electron chi connectivity index (χ1n) is 8.08. The standard InChI is InChI=1S/C18H20N2O5/c1-12-17(25-15-7-3-2-6-14(15)24-12)18(23)19-10-13(21)11-20-9-5-4-8-16(20)22/h2-9,12-13,17,21H,10-11H2,1H3,(H,19,23)/t12-,13+,17-/m0/s1. The second-order valence-electron chi connectivity index (χ2n) is 5.90. The predicted molar refractivity (Wildman–Crippen MR) is 90.7 cm³/mol. The molecule has 132 valence electrons. The number of amides is 1. The van der Waals surface area contributed by atoms with Crippen LogP contribution in [-0.4, -0.2) is 40.4 Å². The number of hydrogen-bond acceptors (Lipinski definition) is 5. The molecule has 0 bridgehead atoms. The van der Waals surface area contributed by atoms with Crippen LogP contribution in [-0.2, 0) is 11.3 Å². The summed E-state index contributed by atoms with van der Waals surface area (Å²) in [5.74, 6) is 0.737. The van der Waals surface area contributed by atoms with E-state index >= 15 is 0 Å². The molecule has 2 heterocycles. The molecule has 0 unspecified atom stereocenters. The highest BCUT2D eigenvalue weighted by Crippen LogP contribution is 2.33. The quantitative estimate of drug-likeness (QED) is 0.827. The first kappa shape index (κ1) is 17.0. The minimum atomic E-state index is -0.892. The Morgan fingerprint density at radius 3 is 2.60 bits per heavy atom. The third-order valence-corrected chi connectivity index (χ3v) is 3.92. The average molecular weight is 344 g/mol. The van der Waals surface area contributed by atoms with E-state index in [4.69, 9.17) is 9.47 Å². The lowest BCUT2D eigenvalue weighted by Crippen LogP contribution is -2.50. The van der Waals surface area contributed by atoms with Gasteiger partial charge in [-0.15, -0.1) is 0 Å². The van der Waals surface area contributed by atoms with Crippen LogP contribution >= 0.6 is 0 Å². The van der Waals surface area contributed by atoms with E-state index < -0.39 is 18.3 Å². The molecule has 1 aromatic carbocycles. The molecule has 0 fully saturated rings. The fourth-order valence-electron chi connectivity index (χ4n) is 2.63. The number of aliphatic hydroxyl groups excluding tert-OH is 1. The van der Waals surface area contributed by atoms with Crippen LogP contribution in [0.15, 0.2) is 53.5 Å². The Hall–Kier alpha value is -2.80. The van der Waals surface area contributed by atoms with Gasteiger partial charge in [-0.25, -0.2) is 0 Å². The number of carbonyl (C=O) groups is 1. The van der Waals surface area contributed by atoms with Gasteiger partial charge in [-0.1, -0.05) is 18.2 Å². The highest BCUT2D eigenvalue weighted by atomic mass is 16.6. The zero-order chi connectivity index (χ0) is 17.8. The lowest BCUT2D eigenvalue weighted by atomic mass is 10.1. The summed E-state index contributed by atoms with van der Waals surface area (Å²) in [7, 11) is 0. The third kappa shape index (κ3) is 4.00. The third-order valence-electron chi connectivity index (χ3n) is 3.92. The number of benzene rings is 1. The van der Waals surface area contributed by atoms with Gasteiger partial charge in [0.2, 0.25) is 6.10 Å². The predicted octanol–water partition coefficient (Wildman–Crippen LogP) is 0.554. The largest absolute Gasteiger partial charge is 0.482 e. The molecular weight excluding hydrogens is 324 g/mol. The van der Waals surface area contributed by atoms with E-state index in [1.165, 1.54) is 10.6 Å². The van der Waals surface area contributed by atoms with Crippen LogP contribution in [0.3, 0.4) is 0 Å². The number of carbonyl (C=O) groups excluding carboxylic acids is 1. The SMILES string of the molecule is C[C@@H]1Oc2ccccc2O[C@@H]1C(=O)NC[C@@H](O)Cn1ccccc1=O. The topological polar surface area (TPSA) is 89.8 Å². The minimum Gasteiger partial charge on any atom is -0.482 e. The van der Waals surface area contributed by atoms with E-state index in [9.17, 15) is 14.7 Å². The fraction of sp³-hybridized carbons (Fsp3) is 0.333. The lowest BCUT2D eigenvalue weighted by Gasteiger charge is -2.31. The second-order valence-corrected chi connectivity index (χ2v) is 5.90. The summed E-state index contributed by atoms with van der Waals surface area (Å²) < 4.78 is 12.8. The molecule has 0 saturated heterocycles. The van der Waals surface area contributed by atoms with Crippen LogP contribution < -0.4 is 20.3 Å². The number of rotatable bonds is 5. The number of nitrogens with one attached hydrogen (secondary N) is 1. The summed E-state index contributed by atoms with van der Waals surface area (Å²) in [5.41, 5.74) is -0.206. The van der Waals surface area contributed by atoms with Crippen molar-refractivity contribution in [1.29, 1.82) is 0 Å². The molecule has 7 nitrogen and oxygen atoms in total. The maximum atomic E-state index is 12.3. The molecular formula is C18H20N2O5. The summed E-state index contributed by atoms with van der Waals surface area (Å²) in [5, 5.41) is 12.7. The fourth-order valence-corrected chi connectivity index (χ4v) is 2.63. The van der Waals surface area contributed by atoms with Crippen molar-refractivity contribution >= 4 is 5.91 Å². The summed E-state index contributed by atoms with van der Waals surface area (Å²) in [6.45, 7) is 1.86. The molecule has 1 aliphatic heterocycles. The molecule has 1 aromatic heterocycles. The van der Waals surface area contributed by atoms with E-state index in [1.54, 1.807) is 43.5 Å². The van der Waals surface area contributed by atoms with Gasteiger partial charge in [-0.2, -0.15) is 0 Å². The van der Waals surface area contributed by atoms with Gasteiger partial charge >= 0.3 is 0 Å². The van der Waals surface area contributed by atoms with Gasteiger partial charge in [0.25, 0.3) is 11.5 Å². The van der Waals surface area contributed by atoms with Crippen molar-refractivity contribution in [3.05, 3.63) is 59.0 Å². The minimum absolute atomic E-state index is 0.00833. The summed E-state index contributed by atoms with van der Waals surface area (Å²) in [4.78, 5) is 24.0. The molecule has 2 N–H and O–H groups in total. The molecule has 0 radical (unpaired) electrons. The van der Waals surface area contributed by atoms with Crippen molar-refractivity contribution in [1.82, 2.24) is 9.88 Å². The molecule has 0 aliphatic carbocycles. The van der Waals surface area contributed by atoms with Crippen LogP contribution in [0.25, 0.3) is 0 Å². The molecule has 2 aromatic rings. The summed E-state index contributed by atoms with van der Waals surface area (Å²) in [6, 6.07) is 11.9. The van der Waals surface area contributed by atoms with Crippen molar-refractivity contribution in [2.45, 2.75) is 31.8 Å². The zero-order valence-electron chi connectivity index (χ0n) is 13.8. The second kappa shape index (κ2) is 7.40. The molecule has 0 saturated carbocycles. The smallest absolute Gasteiger partial charge is 0.265 e. The molecule has 7 heteroatoms. The van der Waals surface area contributed by atoms with Gasteiger partial charge < -0.3 is 24.5 Å². The summed E-state index contributed by atoms with van der Waals surface area (Å²) in [6.07, 6.45) is -0.564. The molecule has 3 rings (SSSR count). The number of ether oxygens (including phenoxy) is 2. The van der Waals surface area contributed by atoms with Gasteiger partial charge in [-0.3, -0.25) is 9.59 Å². The Bertz CT molecular complexity index is 804. The van der Waals surface area contributed by atoms with Crippen molar-refractivity contribution in [3.8, 4) is 11.5 Å². The number of para-hydroxylation sites is 2. The Morgan fingerprint density at radius 1 is 1.20 bits per heavy atom. The average Bonchev–Trinajstić information content (AvgIpc) is 2.61. The monoisotopic (exact) mass is 344 g/mol. The molecule has 1 amide bonds. The van der Waals surface area contributed by atoms with Crippen molar-refractivity contribution in [2.24, 2.45) is 0 Å². The van der Waals surface area contributed by atoms with Gasteiger partial charge in [0.1, 0.15) is 6.10 Å². The normalized spacial score (nSPS) is 19.9. The number of pyridine rings is 1. The molecule has 3 atom stereocenters. The number of nitrogens with zero attached hydrogens (tertiary/aromatic N) is 1. The van der Waals surface area contributed by atoms with Gasteiger partial charge in [0.05, 0.1) is 12.6 Å². The van der Waals surface area contributed by atoms with E-state index in [-0.39, 0.29) is 24.6 Å². The number of hydrogen-bond donors (Lipinski definition) is 2. The van der Waals surface area contributed by atoms with Crippen LogP contribution in [0.2, 0.25) is 0 Å². The van der Waals surface area contributed by atoms with Crippen LogP contribution in [0.1, 0.15) is 6.92 Å². The summed E-state index contributed by atoms with van der Waals surface area (Å²) >= 11 is 0. The van der Waals surface area contributed by atoms with Crippen LogP contribution in [0.4, 0.5) is 0 Å². The molecule has 0 spiro atoms. The number of aliphatic hydroxyl groups is 1. The van der Waals surface area contributed by atoms with Crippen molar-refractivity contribution in [2.75, 3.05) is 6.54 Å². The number of fused-ring (bicyclic) bond motifs is 1. The Labute approximate surface area is 144 Å². The van der Waals surface area contributed by atoms with Crippen molar-refractivity contribution in [3.63, 3.8) is 0 Å². The highest BCUT2D eigenvalue weighted by molar-refractivity contribution is 5.82. The van der Waals surface area contributed by atoms with E-state index in [1.807, 2.05) is 6.07 Å². The maximum absolute atomic E-state index is 12.3. The van der Waals surface area contributed by atoms with Crippen LogP contribution in [0.5, 0.6) is 11.5 Å². The zero-order valence-corrected chi connectivity index (χ0v) is 13.8. The maximum Gasteiger partial charge on any atom is 0.265 e. The van der Waals surface area contributed by atoms with Crippen molar-refractivity contribution < 1.29 is 19.4 Å². The Balaban J connectivity index is 1.56. The first-order valence-corrected chi connectivity index (χ1v) is 8.08. The lowest BCUT2D eigenvalue weighted by molar-refractivity contribution is -0.133.